The van der Waals surface area contributed by atoms with Crippen LogP contribution in [0.2, 0.25) is 0 Å². The van der Waals surface area contributed by atoms with Gasteiger partial charge in [0.15, 0.2) is 0 Å². The van der Waals surface area contributed by atoms with Crippen molar-refractivity contribution in [1.29, 1.82) is 0 Å². The highest BCUT2D eigenvalue weighted by atomic mass is 16.5. The van der Waals surface area contributed by atoms with Gasteiger partial charge in [0.25, 0.3) is 5.82 Å². The molecule has 0 radical (unpaired) electrons. The largest absolute Gasteiger partial charge is 0.460 e. The molecule has 2 atom stereocenters. The highest BCUT2D eigenvalue weighted by molar-refractivity contribution is 5.84. The lowest BCUT2D eigenvalue weighted by Gasteiger charge is -1.93. The van der Waals surface area contributed by atoms with Crippen LogP contribution in [-0.4, -0.2) is 22.7 Å². The SMILES string of the molecule is CCOC(=O)c1noc(C2CC2CC)n1. The Morgan fingerprint density at radius 3 is 3.00 bits per heavy atom. The molecule has 1 aliphatic rings. The van der Waals surface area contributed by atoms with Gasteiger partial charge in [0, 0.05) is 5.92 Å². The molecular formula is C10H14N2O3. The van der Waals surface area contributed by atoms with Gasteiger partial charge in [0.05, 0.1) is 6.61 Å². The molecule has 2 rings (SSSR count). The maximum absolute atomic E-state index is 11.2. The van der Waals surface area contributed by atoms with E-state index in [2.05, 4.69) is 17.1 Å². The van der Waals surface area contributed by atoms with Crippen LogP contribution in [0, 0.1) is 5.92 Å². The average Bonchev–Trinajstić information content (AvgIpc) is 2.86. The first-order valence-electron chi connectivity index (χ1n) is 5.27. The van der Waals surface area contributed by atoms with Gasteiger partial charge in [-0.3, -0.25) is 0 Å². The van der Waals surface area contributed by atoms with Gasteiger partial charge >= 0.3 is 5.97 Å². The zero-order valence-electron chi connectivity index (χ0n) is 8.90. The van der Waals surface area contributed by atoms with E-state index in [0.29, 0.717) is 24.3 Å². The summed E-state index contributed by atoms with van der Waals surface area (Å²) >= 11 is 0. The summed E-state index contributed by atoms with van der Waals surface area (Å²) in [5.41, 5.74) is 0. The van der Waals surface area contributed by atoms with Crippen molar-refractivity contribution in [3.8, 4) is 0 Å². The van der Waals surface area contributed by atoms with Crippen molar-refractivity contribution in [1.82, 2.24) is 10.1 Å². The molecule has 0 aromatic carbocycles. The molecule has 1 aromatic heterocycles. The number of hydrogen-bond donors (Lipinski definition) is 0. The third kappa shape index (κ3) is 2.00. The van der Waals surface area contributed by atoms with Crippen LogP contribution in [0.15, 0.2) is 4.52 Å². The normalized spacial score (nSPS) is 23.9. The van der Waals surface area contributed by atoms with Gasteiger partial charge in [-0.15, -0.1) is 0 Å². The summed E-state index contributed by atoms with van der Waals surface area (Å²) < 4.78 is 9.80. The van der Waals surface area contributed by atoms with Crippen LogP contribution < -0.4 is 0 Å². The minimum Gasteiger partial charge on any atom is -0.460 e. The van der Waals surface area contributed by atoms with Crippen molar-refractivity contribution in [2.75, 3.05) is 6.61 Å². The first-order valence-corrected chi connectivity index (χ1v) is 5.27. The molecule has 0 aliphatic heterocycles. The maximum atomic E-state index is 11.2. The molecule has 0 spiro atoms. The Hall–Kier alpha value is -1.39. The lowest BCUT2D eigenvalue weighted by atomic mass is 10.2. The number of esters is 1. The molecule has 0 N–H and O–H groups in total. The predicted molar refractivity (Wildman–Crippen MR) is 51.4 cm³/mol. The molecule has 0 bridgehead atoms. The zero-order valence-corrected chi connectivity index (χ0v) is 8.90. The van der Waals surface area contributed by atoms with E-state index in [1.807, 2.05) is 0 Å². The van der Waals surface area contributed by atoms with Gasteiger partial charge in [0.2, 0.25) is 5.89 Å². The van der Waals surface area contributed by atoms with E-state index in [1.165, 1.54) is 0 Å². The number of carbonyl (C=O) groups is 1. The van der Waals surface area contributed by atoms with E-state index in [1.54, 1.807) is 6.92 Å². The average molecular weight is 210 g/mol. The molecule has 5 nitrogen and oxygen atoms in total. The van der Waals surface area contributed by atoms with Gasteiger partial charge < -0.3 is 9.26 Å². The number of nitrogens with zero attached hydrogens (tertiary/aromatic N) is 2. The van der Waals surface area contributed by atoms with Crippen molar-refractivity contribution in [2.24, 2.45) is 5.92 Å². The Labute approximate surface area is 87.8 Å². The molecular weight excluding hydrogens is 196 g/mol. The Morgan fingerprint density at radius 2 is 2.40 bits per heavy atom. The number of hydrogen-bond acceptors (Lipinski definition) is 5. The quantitative estimate of drug-likeness (QED) is 0.708. The molecule has 0 amide bonds. The van der Waals surface area contributed by atoms with Gasteiger partial charge in [-0.25, -0.2) is 4.79 Å². The fraction of sp³-hybridized carbons (Fsp3) is 0.700. The Kier molecular flexibility index (Phi) is 2.70. The minimum atomic E-state index is -0.513. The molecule has 1 heterocycles. The predicted octanol–water partition coefficient (Wildman–Crippen LogP) is 1.76. The summed E-state index contributed by atoms with van der Waals surface area (Å²) in [5, 5.41) is 3.60. The fourth-order valence-electron chi connectivity index (χ4n) is 1.67. The summed E-state index contributed by atoms with van der Waals surface area (Å²) in [5.74, 6) is 1.09. The Balaban J connectivity index is 2.02. The number of ether oxygens (including phenoxy) is 1. The van der Waals surface area contributed by atoms with E-state index in [0.717, 1.165) is 12.8 Å². The molecule has 0 saturated heterocycles. The third-order valence-corrected chi connectivity index (χ3v) is 2.66. The molecule has 1 saturated carbocycles. The van der Waals surface area contributed by atoms with E-state index in [-0.39, 0.29) is 5.82 Å². The molecule has 82 valence electrons. The fourth-order valence-corrected chi connectivity index (χ4v) is 1.67. The maximum Gasteiger partial charge on any atom is 0.379 e. The zero-order chi connectivity index (χ0) is 10.8. The van der Waals surface area contributed by atoms with Crippen LogP contribution in [0.1, 0.15) is 49.1 Å². The molecule has 1 aromatic rings. The van der Waals surface area contributed by atoms with Gasteiger partial charge in [0.1, 0.15) is 0 Å². The Morgan fingerprint density at radius 1 is 1.60 bits per heavy atom. The molecule has 1 fully saturated rings. The summed E-state index contributed by atoms with van der Waals surface area (Å²) in [6, 6.07) is 0. The molecule has 1 aliphatic carbocycles. The number of rotatable bonds is 4. The molecule has 15 heavy (non-hydrogen) atoms. The molecule has 2 unspecified atom stereocenters. The standard InChI is InChI=1S/C10H14N2O3/c1-3-6-5-7(6)9-11-8(12-15-9)10(13)14-4-2/h6-7H,3-5H2,1-2H3. The van der Waals surface area contributed by atoms with Gasteiger partial charge in [-0.1, -0.05) is 13.3 Å². The van der Waals surface area contributed by atoms with E-state index in [4.69, 9.17) is 9.26 Å². The topological polar surface area (TPSA) is 65.2 Å². The van der Waals surface area contributed by atoms with Crippen molar-refractivity contribution >= 4 is 5.97 Å². The van der Waals surface area contributed by atoms with Crippen LogP contribution in [0.3, 0.4) is 0 Å². The van der Waals surface area contributed by atoms with Gasteiger partial charge in [-0.2, -0.15) is 4.98 Å². The summed E-state index contributed by atoms with van der Waals surface area (Å²) in [6.45, 7) is 4.20. The van der Waals surface area contributed by atoms with Crippen LogP contribution in [-0.2, 0) is 4.74 Å². The third-order valence-electron chi connectivity index (χ3n) is 2.66. The first kappa shape index (κ1) is 10.1. The number of aromatic nitrogens is 2. The molecule has 5 heteroatoms. The van der Waals surface area contributed by atoms with Crippen molar-refractivity contribution in [3.63, 3.8) is 0 Å². The number of carbonyl (C=O) groups excluding carboxylic acids is 1. The van der Waals surface area contributed by atoms with Crippen LogP contribution in [0.5, 0.6) is 0 Å². The lowest BCUT2D eigenvalue weighted by molar-refractivity contribution is 0.0508. The van der Waals surface area contributed by atoms with E-state index in [9.17, 15) is 4.79 Å². The van der Waals surface area contributed by atoms with E-state index < -0.39 is 5.97 Å². The second-order valence-corrected chi connectivity index (χ2v) is 3.69. The monoisotopic (exact) mass is 210 g/mol. The van der Waals surface area contributed by atoms with Crippen molar-refractivity contribution < 1.29 is 14.1 Å². The van der Waals surface area contributed by atoms with Crippen molar-refractivity contribution in [2.45, 2.75) is 32.6 Å². The Bertz CT molecular complexity index is 361. The first-order chi connectivity index (χ1) is 7.26. The second-order valence-electron chi connectivity index (χ2n) is 3.69. The summed E-state index contributed by atoms with van der Waals surface area (Å²) in [7, 11) is 0. The summed E-state index contributed by atoms with van der Waals surface area (Å²) in [6.07, 6.45) is 2.20. The van der Waals surface area contributed by atoms with Crippen LogP contribution in [0.4, 0.5) is 0 Å². The van der Waals surface area contributed by atoms with Crippen LogP contribution >= 0.6 is 0 Å². The minimum absolute atomic E-state index is 0.0357. The second kappa shape index (κ2) is 4.00. The van der Waals surface area contributed by atoms with E-state index >= 15 is 0 Å². The highest BCUT2D eigenvalue weighted by Crippen LogP contribution is 2.48. The smallest absolute Gasteiger partial charge is 0.379 e. The van der Waals surface area contributed by atoms with Crippen LogP contribution in [0.25, 0.3) is 0 Å². The lowest BCUT2D eigenvalue weighted by Crippen LogP contribution is -2.06. The summed E-state index contributed by atoms with van der Waals surface area (Å²) in [4.78, 5) is 15.3. The van der Waals surface area contributed by atoms with Crippen molar-refractivity contribution in [3.05, 3.63) is 11.7 Å². The van der Waals surface area contributed by atoms with Gasteiger partial charge in [-0.05, 0) is 24.4 Å². The highest BCUT2D eigenvalue weighted by Gasteiger charge is 2.41.